The van der Waals surface area contributed by atoms with Crippen molar-refractivity contribution in [2.75, 3.05) is 19.5 Å². The van der Waals surface area contributed by atoms with E-state index in [1.807, 2.05) is 19.1 Å². The maximum absolute atomic E-state index is 11.9. The summed E-state index contributed by atoms with van der Waals surface area (Å²) in [7, 11) is 1.67. The molecule has 0 N–H and O–H groups in total. The van der Waals surface area contributed by atoms with Crippen molar-refractivity contribution in [1.82, 2.24) is 0 Å². The molecule has 3 heteroatoms. The predicted molar refractivity (Wildman–Crippen MR) is 72.6 cm³/mol. The van der Waals surface area contributed by atoms with Crippen molar-refractivity contribution >= 4 is 17.5 Å². The molecule has 1 atom stereocenters. The number of ether oxygens (including phenoxy) is 1. The summed E-state index contributed by atoms with van der Waals surface area (Å²) in [5, 5.41) is 0. The summed E-state index contributed by atoms with van der Waals surface area (Å²) in [6, 6.07) is 8.16. The Morgan fingerprint density at radius 3 is 2.76 bits per heavy atom. The highest BCUT2D eigenvalue weighted by atomic mass is 32.2. The monoisotopic (exact) mass is 252 g/mol. The van der Waals surface area contributed by atoms with Crippen LogP contribution in [0.15, 0.2) is 29.2 Å². The van der Waals surface area contributed by atoms with E-state index in [1.54, 1.807) is 18.9 Å². The number of hydrogen-bond donors (Lipinski definition) is 0. The zero-order chi connectivity index (χ0) is 12.7. The molecule has 0 amide bonds. The van der Waals surface area contributed by atoms with Gasteiger partial charge >= 0.3 is 0 Å². The standard InChI is InChI=1S/C14H20O2S/c1-11(8-9-16-3)13(15)10-17-14-7-5-4-6-12(14)2/h4-7,11H,8-10H2,1-3H3. The molecule has 0 aliphatic carbocycles. The van der Waals surface area contributed by atoms with E-state index in [0.29, 0.717) is 18.1 Å². The van der Waals surface area contributed by atoms with Gasteiger partial charge in [0, 0.05) is 24.5 Å². The number of benzene rings is 1. The second-order valence-corrected chi connectivity index (χ2v) is 5.22. The Morgan fingerprint density at radius 2 is 2.12 bits per heavy atom. The van der Waals surface area contributed by atoms with Gasteiger partial charge in [0.1, 0.15) is 5.78 Å². The van der Waals surface area contributed by atoms with E-state index in [-0.39, 0.29) is 5.92 Å². The van der Waals surface area contributed by atoms with Gasteiger partial charge in [0.25, 0.3) is 0 Å². The minimum atomic E-state index is 0.0893. The van der Waals surface area contributed by atoms with Crippen LogP contribution in [0.5, 0.6) is 0 Å². The number of carbonyl (C=O) groups is 1. The number of Topliss-reactive ketones (excluding diaryl/α,β-unsaturated/α-hetero) is 1. The van der Waals surface area contributed by atoms with Gasteiger partial charge < -0.3 is 4.74 Å². The summed E-state index contributed by atoms with van der Waals surface area (Å²) >= 11 is 1.63. The summed E-state index contributed by atoms with van der Waals surface area (Å²) < 4.78 is 4.99. The molecule has 0 radical (unpaired) electrons. The molecule has 0 aromatic heterocycles. The number of ketones is 1. The summed E-state index contributed by atoms with van der Waals surface area (Å²) in [6.45, 7) is 4.70. The molecule has 1 rings (SSSR count). The number of hydrogen-bond acceptors (Lipinski definition) is 3. The highest BCUT2D eigenvalue weighted by Gasteiger charge is 2.13. The van der Waals surface area contributed by atoms with Crippen molar-refractivity contribution in [1.29, 1.82) is 0 Å². The second kappa shape index (κ2) is 7.51. The molecule has 0 bridgehead atoms. The second-order valence-electron chi connectivity index (χ2n) is 4.20. The Hall–Kier alpha value is -0.800. The average Bonchev–Trinajstić information content (AvgIpc) is 2.34. The fourth-order valence-electron chi connectivity index (χ4n) is 1.47. The lowest BCUT2D eigenvalue weighted by atomic mass is 10.1. The molecule has 0 saturated carbocycles. The van der Waals surface area contributed by atoms with Gasteiger partial charge in [0.2, 0.25) is 0 Å². The van der Waals surface area contributed by atoms with Gasteiger partial charge in [0.05, 0.1) is 5.75 Å². The highest BCUT2D eigenvalue weighted by molar-refractivity contribution is 8.00. The first-order valence-corrected chi connectivity index (χ1v) is 6.83. The molecule has 1 aromatic carbocycles. The van der Waals surface area contributed by atoms with Crippen LogP contribution in [0.2, 0.25) is 0 Å². The lowest BCUT2D eigenvalue weighted by Gasteiger charge is -2.10. The molecule has 2 nitrogen and oxygen atoms in total. The minimum absolute atomic E-state index is 0.0893. The Bertz CT molecular complexity index is 363. The molecule has 0 heterocycles. The largest absolute Gasteiger partial charge is 0.385 e. The van der Waals surface area contributed by atoms with Gasteiger partial charge in [-0.25, -0.2) is 0 Å². The van der Waals surface area contributed by atoms with E-state index in [2.05, 4.69) is 19.1 Å². The number of methoxy groups -OCH3 is 1. The first-order valence-electron chi connectivity index (χ1n) is 5.85. The maximum Gasteiger partial charge on any atom is 0.145 e. The lowest BCUT2D eigenvalue weighted by Crippen LogP contribution is -2.15. The Balaban J connectivity index is 2.40. The zero-order valence-corrected chi connectivity index (χ0v) is 11.5. The molecule has 0 aliphatic rings. The molecule has 94 valence electrons. The maximum atomic E-state index is 11.9. The first kappa shape index (κ1) is 14.3. The fraction of sp³-hybridized carbons (Fsp3) is 0.500. The molecular formula is C14H20O2S. The van der Waals surface area contributed by atoms with Crippen LogP contribution in [0, 0.1) is 12.8 Å². The molecule has 1 aromatic rings. The predicted octanol–water partition coefficient (Wildman–Crippen LogP) is 3.33. The van der Waals surface area contributed by atoms with Crippen LogP contribution in [0.1, 0.15) is 18.9 Å². The molecule has 0 fully saturated rings. The number of aryl methyl sites for hydroxylation is 1. The average molecular weight is 252 g/mol. The van der Waals surface area contributed by atoms with E-state index in [1.165, 1.54) is 10.5 Å². The van der Waals surface area contributed by atoms with Gasteiger partial charge in [0.15, 0.2) is 0 Å². The van der Waals surface area contributed by atoms with Crippen molar-refractivity contribution in [3.05, 3.63) is 29.8 Å². The Labute approximate surface area is 108 Å². The zero-order valence-electron chi connectivity index (χ0n) is 10.7. The lowest BCUT2D eigenvalue weighted by molar-refractivity contribution is -0.120. The van der Waals surface area contributed by atoms with Crippen molar-refractivity contribution < 1.29 is 9.53 Å². The first-order chi connectivity index (χ1) is 8.15. The normalized spacial score (nSPS) is 12.4. The van der Waals surface area contributed by atoms with Gasteiger partial charge in [-0.2, -0.15) is 0 Å². The molecular weight excluding hydrogens is 232 g/mol. The van der Waals surface area contributed by atoms with Crippen molar-refractivity contribution in [2.24, 2.45) is 5.92 Å². The van der Waals surface area contributed by atoms with Crippen LogP contribution in [0.4, 0.5) is 0 Å². The van der Waals surface area contributed by atoms with Crippen LogP contribution in [-0.2, 0) is 9.53 Å². The van der Waals surface area contributed by atoms with Crippen LogP contribution < -0.4 is 0 Å². The van der Waals surface area contributed by atoms with Gasteiger partial charge in [-0.05, 0) is 25.0 Å². The molecule has 1 unspecified atom stereocenters. The number of rotatable bonds is 7. The smallest absolute Gasteiger partial charge is 0.145 e. The van der Waals surface area contributed by atoms with Crippen LogP contribution >= 0.6 is 11.8 Å². The molecule has 0 spiro atoms. The van der Waals surface area contributed by atoms with Crippen molar-refractivity contribution in [3.63, 3.8) is 0 Å². The fourth-order valence-corrected chi connectivity index (χ4v) is 2.52. The van der Waals surface area contributed by atoms with E-state index in [4.69, 9.17) is 4.74 Å². The van der Waals surface area contributed by atoms with Crippen LogP contribution in [-0.4, -0.2) is 25.3 Å². The number of thioether (sulfide) groups is 1. The van der Waals surface area contributed by atoms with Crippen molar-refractivity contribution in [3.8, 4) is 0 Å². The van der Waals surface area contributed by atoms with Gasteiger partial charge in [-0.15, -0.1) is 11.8 Å². The highest BCUT2D eigenvalue weighted by Crippen LogP contribution is 2.23. The summed E-state index contributed by atoms with van der Waals surface area (Å²) in [4.78, 5) is 13.1. The van der Waals surface area contributed by atoms with Gasteiger partial charge in [-0.3, -0.25) is 4.79 Å². The summed E-state index contributed by atoms with van der Waals surface area (Å²) in [5.41, 5.74) is 1.23. The Kier molecular flexibility index (Phi) is 6.30. The molecule has 17 heavy (non-hydrogen) atoms. The Morgan fingerprint density at radius 1 is 1.41 bits per heavy atom. The quantitative estimate of drug-likeness (QED) is 0.696. The third-order valence-corrected chi connectivity index (χ3v) is 3.97. The SMILES string of the molecule is COCCC(C)C(=O)CSc1ccccc1C. The summed E-state index contributed by atoms with van der Waals surface area (Å²) in [5.74, 6) is 0.942. The number of carbonyl (C=O) groups excluding carboxylic acids is 1. The van der Waals surface area contributed by atoms with Crippen molar-refractivity contribution in [2.45, 2.75) is 25.2 Å². The van der Waals surface area contributed by atoms with E-state index in [0.717, 1.165) is 6.42 Å². The van der Waals surface area contributed by atoms with E-state index in [9.17, 15) is 4.79 Å². The third kappa shape index (κ3) is 4.92. The van der Waals surface area contributed by atoms with Gasteiger partial charge in [-0.1, -0.05) is 25.1 Å². The summed E-state index contributed by atoms with van der Waals surface area (Å²) in [6.07, 6.45) is 0.809. The molecule has 0 saturated heterocycles. The molecule has 0 aliphatic heterocycles. The third-order valence-electron chi connectivity index (χ3n) is 2.77. The minimum Gasteiger partial charge on any atom is -0.385 e. The topological polar surface area (TPSA) is 26.3 Å². The van der Waals surface area contributed by atoms with Crippen LogP contribution in [0.25, 0.3) is 0 Å². The van der Waals surface area contributed by atoms with E-state index >= 15 is 0 Å². The van der Waals surface area contributed by atoms with Crippen LogP contribution in [0.3, 0.4) is 0 Å². The van der Waals surface area contributed by atoms with E-state index < -0.39 is 0 Å².